The number of carbonyl (C=O) groups excluding carboxylic acids is 1. The number of benzene rings is 2. The molecule has 3 rings (SSSR count). The third-order valence-corrected chi connectivity index (χ3v) is 4.42. The number of methoxy groups -OCH3 is 1. The molecule has 3 aromatic rings. The standard InChI is InChI=1S/C22H24N2O3/c1-24(16-17-10-12-19(13-11-17)22(25)26-2)14-6-9-20-15-21(23-27-20)18-7-4-3-5-8-18/h3-5,7-8,10-13,15H,6,9,14,16H2,1-2H3. The molecule has 0 aliphatic heterocycles. The van der Waals surface area contributed by atoms with Gasteiger partial charge in [-0.25, -0.2) is 4.79 Å². The highest BCUT2D eigenvalue weighted by atomic mass is 16.5. The van der Waals surface area contributed by atoms with E-state index in [-0.39, 0.29) is 5.97 Å². The second-order valence-electron chi connectivity index (χ2n) is 6.57. The molecule has 1 heterocycles. The predicted molar refractivity (Wildman–Crippen MR) is 104 cm³/mol. The van der Waals surface area contributed by atoms with Crippen molar-refractivity contribution >= 4 is 5.97 Å². The van der Waals surface area contributed by atoms with Crippen molar-refractivity contribution in [2.45, 2.75) is 19.4 Å². The molecule has 0 unspecified atom stereocenters. The summed E-state index contributed by atoms with van der Waals surface area (Å²) in [6.45, 7) is 1.77. The minimum Gasteiger partial charge on any atom is -0.465 e. The molecule has 2 aromatic carbocycles. The first-order valence-electron chi connectivity index (χ1n) is 9.02. The van der Waals surface area contributed by atoms with Gasteiger partial charge in [-0.05, 0) is 37.7 Å². The van der Waals surface area contributed by atoms with Gasteiger partial charge in [-0.3, -0.25) is 0 Å². The van der Waals surface area contributed by atoms with E-state index in [2.05, 4.69) is 17.1 Å². The average molecular weight is 364 g/mol. The second kappa shape index (κ2) is 9.14. The Kier molecular flexibility index (Phi) is 6.39. The molecular weight excluding hydrogens is 340 g/mol. The number of aromatic nitrogens is 1. The predicted octanol–water partition coefficient (Wildman–Crippen LogP) is 4.19. The zero-order valence-corrected chi connectivity index (χ0v) is 15.7. The van der Waals surface area contributed by atoms with Gasteiger partial charge in [0.05, 0.1) is 12.7 Å². The Bertz CT molecular complexity index is 857. The Morgan fingerprint density at radius 3 is 2.56 bits per heavy atom. The van der Waals surface area contributed by atoms with Gasteiger partial charge in [0.15, 0.2) is 0 Å². The van der Waals surface area contributed by atoms with E-state index in [1.54, 1.807) is 12.1 Å². The van der Waals surface area contributed by atoms with E-state index in [1.165, 1.54) is 7.11 Å². The van der Waals surface area contributed by atoms with Gasteiger partial charge < -0.3 is 14.2 Å². The highest BCUT2D eigenvalue weighted by Gasteiger charge is 2.08. The number of aryl methyl sites for hydroxylation is 1. The summed E-state index contributed by atoms with van der Waals surface area (Å²) in [5.41, 5.74) is 3.68. The molecule has 1 aromatic heterocycles. The number of hydrogen-bond donors (Lipinski definition) is 0. The SMILES string of the molecule is COC(=O)c1ccc(CN(C)CCCc2cc(-c3ccccc3)no2)cc1. The minimum atomic E-state index is -0.308. The number of carbonyl (C=O) groups is 1. The fourth-order valence-corrected chi connectivity index (χ4v) is 2.95. The maximum atomic E-state index is 11.5. The second-order valence-corrected chi connectivity index (χ2v) is 6.57. The third kappa shape index (κ3) is 5.28. The van der Waals surface area contributed by atoms with Gasteiger partial charge in [-0.1, -0.05) is 47.6 Å². The summed E-state index contributed by atoms with van der Waals surface area (Å²) in [4.78, 5) is 13.7. The van der Waals surface area contributed by atoms with Gasteiger partial charge in [0.25, 0.3) is 0 Å². The van der Waals surface area contributed by atoms with Gasteiger partial charge in [-0.2, -0.15) is 0 Å². The number of esters is 1. The van der Waals surface area contributed by atoms with Crippen LogP contribution >= 0.6 is 0 Å². The van der Waals surface area contributed by atoms with E-state index < -0.39 is 0 Å². The number of rotatable bonds is 8. The van der Waals surface area contributed by atoms with Crippen molar-refractivity contribution in [3.63, 3.8) is 0 Å². The Hall–Kier alpha value is -2.92. The molecule has 0 aliphatic rings. The highest BCUT2D eigenvalue weighted by molar-refractivity contribution is 5.89. The van der Waals surface area contributed by atoms with E-state index in [1.807, 2.05) is 48.5 Å². The zero-order valence-electron chi connectivity index (χ0n) is 15.7. The first kappa shape index (κ1) is 18.9. The van der Waals surface area contributed by atoms with Gasteiger partial charge in [0, 0.05) is 24.6 Å². The van der Waals surface area contributed by atoms with Gasteiger partial charge in [-0.15, -0.1) is 0 Å². The molecule has 0 fully saturated rings. The van der Waals surface area contributed by atoms with E-state index in [0.29, 0.717) is 5.56 Å². The van der Waals surface area contributed by atoms with Crippen LogP contribution in [0.4, 0.5) is 0 Å². The van der Waals surface area contributed by atoms with Crippen molar-refractivity contribution in [3.8, 4) is 11.3 Å². The Morgan fingerprint density at radius 1 is 1.11 bits per heavy atom. The normalized spacial score (nSPS) is 10.9. The van der Waals surface area contributed by atoms with Crippen LogP contribution in [0, 0.1) is 0 Å². The van der Waals surface area contributed by atoms with Crippen molar-refractivity contribution in [1.82, 2.24) is 10.1 Å². The molecule has 5 heteroatoms. The Morgan fingerprint density at radius 2 is 1.85 bits per heavy atom. The lowest BCUT2D eigenvalue weighted by atomic mass is 10.1. The molecule has 0 radical (unpaired) electrons. The molecule has 5 nitrogen and oxygen atoms in total. The van der Waals surface area contributed by atoms with Crippen LogP contribution in [0.3, 0.4) is 0 Å². The summed E-state index contributed by atoms with van der Waals surface area (Å²) in [5, 5.41) is 4.16. The van der Waals surface area contributed by atoms with E-state index in [4.69, 9.17) is 9.26 Å². The molecule has 140 valence electrons. The zero-order chi connectivity index (χ0) is 19.1. The molecule has 0 saturated heterocycles. The van der Waals surface area contributed by atoms with Crippen molar-refractivity contribution in [2.75, 3.05) is 20.7 Å². The molecule has 0 aliphatic carbocycles. The van der Waals surface area contributed by atoms with Crippen molar-refractivity contribution in [2.24, 2.45) is 0 Å². The minimum absolute atomic E-state index is 0.308. The lowest BCUT2D eigenvalue weighted by molar-refractivity contribution is 0.0600. The largest absolute Gasteiger partial charge is 0.465 e. The van der Waals surface area contributed by atoms with Crippen LogP contribution in [0.15, 0.2) is 65.2 Å². The average Bonchev–Trinajstić information content (AvgIpc) is 3.17. The molecule has 0 N–H and O–H groups in total. The lowest BCUT2D eigenvalue weighted by Gasteiger charge is -2.16. The first-order chi connectivity index (χ1) is 13.2. The van der Waals surface area contributed by atoms with Crippen LogP contribution in [0.25, 0.3) is 11.3 Å². The van der Waals surface area contributed by atoms with E-state index >= 15 is 0 Å². The summed E-state index contributed by atoms with van der Waals surface area (Å²) < 4.78 is 10.2. The van der Waals surface area contributed by atoms with Crippen LogP contribution in [0.5, 0.6) is 0 Å². The van der Waals surface area contributed by atoms with Crippen molar-refractivity contribution in [1.29, 1.82) is 0 Å². The summed E-state index contributed by atoms with van der Waals surface area (Å²) in [7, 11) is 3.48. The number of hydrogen-bond acceptors (Lipinski definition) is 5. The monoisotopic (exact) mass is 364 g/mol. The van der Waals surface area contributed by atoms with Crippen molar-refractivity contribution in [3.05, 3.63) is 77.6 Å². The molecule has 0 atom stereocenters. The smallest absolute Gasteiger partial charge is 0.337 e. The molecule has 27 heavy (non-hydrogen) atoms. The summed E-state index contributed by atoms with van der Waals surface area (Å²) in [6.07, 6.45) is 1.84. The molecule has 0 bridgehead atoms. The van der Waals surface area contributed by atoms with Crippen molar-refractivity contribution < 1.29 is 14.1 Å². The first-order valence-corrected chi connectivity index (χ1v) is 9.02. The maximum absolute atomic E-state index is 11.5. The van der Waals surface area contributed by atoms with Crippen LogP contribution in [-0.2, 0) is 17.7 Å². The van der Waals surface area contributed by atoms with Gasteiger partial charge in [0.1, 0.15) is 11.5 Å². The van der Waals surface area contributed by atoms with E-state index in [0.717, 1.165) is 48.5 Å². The summed E-state index contributed by atoms with van der Waals surface area (Å²) >= 11 is 0. The quantitative estimate of drug-likeness (QED) is 0.561. The fourth-order valence-electron chi connectivity index (χ4n) is 2.95. The van der Waals surface area contributed by atoms with Crippen LogP contribution < -0.4 is 0 Å². The van der Waals surface area contributed by atoms with E-state index in [9.17, 15) is 4.79 Å². The Labute approximate surface area is 159 Å². The maximum Gasteiger partial charge on any atom is 0.337 e. The van der Waals surface area contributed by atoms with Crippen LogP contribution in [0.2, 0.25) is 0 Å². The molecule has 0 saturated carbocycles. The summed E-state index contributed by atoms with van der Waals surface area (Å²) in [5.74, 6) is 0.599. The van der Waals surface area contributed by atoms with Crippen LogP contribution in [-0.4, -0.2) is 36.7 Å². The molecule has 0 amide bonds. The topological polar surface area (TPSA) is 55.6 Å². The third-order valence-electron chi connectivity index (χ3n) is 4.42. The Balaban J connectivity index is 1.45. The van der Waals surface area contributed by atoms with Gasteiger partial charge >= 0.3 is 5.97 Å². The molecular formula is C22H24N2O3. The number of nitrogens with zero attached hydrogens (tertiary/aromatic N) is 2. The van der Waals surface area contributed by atoms with Gasteiger partial charge in [0.2, 0.25) is 0 Å². The lowest BCUT2D eigenvalue weighted by Crippen LogP contribution is -2.19. The number of ether oxygens (including phenoxy) is 1. The molecule has 0 spiro atoms. The van der Waals surface area contributed by atoms with Crippen LogP contribution in [0.1, 0.15) is 28.1 Å². The highest BCUT2D eigenvalue weighted by Crippen LogP contribution is 2.19. The summed E-state index contributed by atoms with van der Waals surface area (Å²) in [6, 6.07) is 19.6. The fraction of sp³-hybridized carbons (Fsp3) is 0.273.